The minimum atomic E-state index is -3.50. The molecule has 0 bridgehead atoms. The molecule has 1 saturated heterocycles. The summed E-state index contributed by atoms with van der Waals surface area (Å²) in [6.07, 6.45) is 35.6. The van der Waals surface area contributed by atoms with Gasteiger partial charge in [0.25, 0.3) is 0 Å². The lowest BCUT2D eigenvalue weighted by molar-refractivity contribution is -1.13. The fourth-order valence-electron chi connectivity index (χ4n) is 13.4. The van der Waals surface area contributed by atoms with Crippen molar-refractivity contribution in [2.75, 3.05) is 18.8 Å². The molecule has 0 aromatic heterocycles. The molecule has 0 aromatic rings. The van der Waals surface area contributed by atoms with Gasteiger partial charge >= 0.3 is 10.1 Å². The zero-order valence-corrected chi connectivity index (χ0v) is 35.7. The standard InChI is InChI=1S/C46H86NO3S/c1-7-8-9-10-11-12-13-14-15-16-17-18-19-20-35-51(48,49)50-47(33-22-34-47)40-29-31-45(5)39(36-40)25-26-41-43-28-27-42(38(4)24-21-23-37(2)3)46(43,6)32-30-44(41)45/h37-44H,7-36H2,1-6H3/q+1/t38-,39+,40-,41+,42-,43+,44+,45+,46-/m1/s1. The van der Waals surface area contributed by atoms with Crippen LogP contribution in [0.25, 0.3) is 0 Å². The summed E-state index contributed by atoms with van der Waals surface area (Å²) >= 11 is 0. The van der Waals surface area contributed by atoms with Gasteiger partial charge in [-0.2, -0.15) is 13.1 Å². The Morgan fingerprint density at radius 2 is 1.25 bits per heavy atom. The van der Waals surface area contributed by atoms with Crippen molar-refractivity contribution in [3.63, 3.8) is 0 Å². The smallest absolute Gasteiger partial charge is 0.194 e. The first-order chi connectivity index (χ1) is 24.4. The molecule has 5 rings (SSSR count). The summed E-state index contributed by atoms with van der Waals surface area (Å²) < 4.78 is 33.5. The number of nitrogens with zero attached hydrogens (tertiary/aromatic N) is 1. The number of hydroxylamine groups is 3. The van der Waals surface area contributed by atoms with Crippen molar-refractivity contribution in [2.45, 2.75) is 221 Å². The highest BCUT2D eigenvalue weighted by molar-refractivity contribution is 7.86. The van der Waals surface area contributed by atoms with E-state index < -0.39 is 10.1 Å². The third kappa shape index (κ3) is 10.4. The van der Waals surface area contributed by atoms with Crippen molar-refractivity contribution in [1.82, 2.24) is 0 Å². The van der Waals surface area contributed by atoms with Gasteiger partial charge in [0.2, 0.25) is 0 Å². The predicted octanol–water partition coefficient (Wildman–Crippen LogP) is 13.4. The molecule has 0 radical (unpaired) electrons. The molecule has 0 unspecified atom stereocenters. The normalized spacial score (nSPS) is 35.2. The van der Waals surface area contributed by atoms with E-state index in [9.17, 15) is 8.42 Å². The molecule has 0 N–H and O–H groups in total. The second-order valence-corrected chi connectivity index (χ2v) is 22.0. The van der Waals surface area contributed by atoms with Gasteiger partial charge in [0.1, 0.15) is 19.1 Å². The SMILES string of the molecule is CCCCCCCCCCCCCCCCS(=O)(=O)O[N+]1([C@@H]2CC[C@@]3(C)[C@@H](CC[C@@H]4[C@@H]3CC[C@]3(C)[C@@H]([C@H](C)CCCC(C)C)CC[C@@H]43)C2)CCC1. The number of fused-ring (bicyclic) bond motifs is 5. The third-order valence-electron chi connectivity index (χ3n) is 16.6. The minimum Gasteiger partial charge on any atom is -0.194 e. The van der Waals surface area contributed by atoms with Crippen molar-refractivity contribution < 1.29 is 17.3 Å². The number of likely N-dealkylation sites (tertiary alicyclic amines) is 1. The van der Waals surface area contributed by atoms with E-state index in [1.165, 1.54) is 141 Å². The van der Waals surface area contributed by atoms with Gasteiger partial charge in [0.15, 0.2) is 0 Å². The highest BCUT2D eigenvalue weighted by Crippen LogP contribution is 2.68. The van der Waals surface area contributed by atoms with E-state index in [1.807, 2.05) is 0 Å². The monoisotopic (exact) mass is 733 g/mol. The van der Waals surface area contributed by atoms with Crippen LogP contribution in [0.5, 0.6) is 0 Å². The molecular formula is C46H86NO3S+. The molecule has 298 valence electrons. The van der Waals surface area contributed by atoms with Gasteiger partial charge in [-0.15, -0.1) is 0 Å². The van der Waals surface area contributed by atoms with Gasteiger partial charge in [-0.1, -0.05) is 149 Å². The van der Waals surface area contributed by atoms with E-state index >= 15 is 0 Å². The Hall–Kier alpha value is -0.130. The average molecular weight is 733 g/mol. The minimum absolute atomic E-state index is 0.208. The molecular weight excluding hydrogens is 647 g/mol. The number of quaternary nitrogens is 1. The summed E-state index contributed by atoms with van der Waals surface area (Å²) in [7, 11) is -3.50. The summed E-state index contributed by atoms with van der Waals surface area (Å²) in [5.74, 6) is 6.31. The number of unbranched alkanes of at least 4 members (excludes halogenated alkanes) is 13. The maximum atomic E-state index is 13.4. The second-order valence-electron chi connectivity index (χ2n) is 20.3. The molecule has 0 spiro atoms. The maximum Gasteiger partial charge on any atom is 0.314 e. The van der Waals surface area contributed by atoms with Crippen molar-refractivity contribution in [3.05, 3.63) is 0 Å². The van der Waals surface area contributed by atoms with Gasteiger partial charge in [0.05, 0.1) is 12.2 Å². The lowest BCUT2D eigenvalue weighted by Crippen LogP contribution is -2.66. The van der Waals surface area contributed by atoms with Crippen LogP contribution in [0.4, 0.5) is 0 Å². The molecule has 4 saturated carbocycles. The molecule has 4 aliphatic carbocycles. The molecule has 51 heavy (non-hydrogen) atoms. The molecule has 1 heterocycles. The highest BCUT2D eigenvalue weighted by atomic mass is 32.2. The van der Waals surface area contributed by atoms with Crippen molar-refractivity contribution in [3.8, 4) is 0 Å². The Morgan fingerprint density at radius 3 is 1.84 bits per heavy atom. The molecule has 0 aromatic carbocycles. The number of hydrogen-bond donors (Lipinski definition) is 0. The van der Waals surface area contributed by atoms with E-state index in [2.05, 4.69) is 41.5 Å². The Morgan fingerprint density at radius 1 is 0.667 bits per heavy atom. The van der Waals surface area contributed by atoms with Crippen LogP contribution in [0.1, 0.15) is 215 Å². The van der Waals surface area contributed by atoms with E-state index in [0.717, 1.165) is 86.6 Å². The van der Waals surface area contributed by atoms with E-state index in [1.54, 1.807) is 0 Å². The second kappa shape index (κ2) is 19.1. The van der Waals surface area contributed by atoms with E-state index in [4.69, 9.17) is 4.28 Å². The highest BCUT2D eigenvalue weighted by Gasteiger charge is 2.62. The van der Waals surface area contributed by atoms with Crippen molar-refractivity contribution in [2.24, 2.45) is 52.3 Å². The zero-order chi connectivity index (χ0) is 36.5. The summed E-state index contributed by atoms with van der Waals surface area (Å²) in [5.41, 5.74) is 0.991. The van der Waals surface area contributed by atoms with E-state index in [0.29, 0.717) is 21.5 Å². The van der Waals surface area contributed by atoms with Crippen LogP contribution in [-0.2, 0) is 14.4 Å². The topological polar surface area (TPSA) is 43.4 Å². The van der Waals surface area contributed by atoms with E-state index in [-0.39, 0.29) is 5.75 Å². The van der Waals surface area contributed by atoms with Crippen LogP contribution in [-0.4, -0.2) is 37.9 Å². The lowest BCUT2D eigenvalue weighted by atomic mass is 9.44. The first-order valence-corrected chi connectivity index (χ1v) is 24.8. The van der Waals surface area contributed by atoms with Gasteiger partial charge in [-0.25, -0.2) is 0 Å². The van der Waals surface area contributed by atoms with Crippen LogP contribution < -0.4 is 0 Å². The van der Waals surface area contributed by atoms with Gasteiger partial charge in [-0.05, 0) is 104 Å². The van der Waals surface area contributed by atoms with Crippen LogP contribution in [0.15, 0.2) is 0 Å². The van der Waals surface area contributed by atoms with Gasteiger partial charge < -0.3 is 0 Å². The molecule has 1 aliphatic heterocycles. The average Bonchev–Trinajstić information content (AvgIpc) is 3.43. The van der Waals surface area contributed by atoms with Crippen LogP contribution in [0.3, 0.4) is 0 Å². The van der Waals surface area contributed by atoms with Gasteiger partial charge in [0, 0.05) is 12.8 Å². The van der Waals surface area contributed by atoms with Crippen LogP contribution in [0.2, 0.25) is 0 Å². The van der Waals surface area contributed by atoms with Crippen LogP contribution in [0, 0.1) is 52.3 Å². The zero-order valence-electron chi connectivity index (χ0n) is 34.9. The largest absolute Gasteiger partial charge is 0.314 e. The van der Waals surface area contributed by atoms with Crippen LogP contribution >= 0.6 is 0 Å². The number of rotatable bonds is 23. The molecule has 9 atom stereocenters. The molecule has 4 nitrogen and oxygen atoms in total. The first kappa shape index (κ1) is 42.0. The molecule has 5 heteroatoms. The van der Waals surface area contributed by atoms with Gasteiger partial charge in [-0.3, -0.25) is 0 Å². The Labute approximate surface area is 318 Å². The molecule has 5 fully saturated rings. The number of hydrogen-bond acceptors (Lipinski definition) is 3. The Kier molecular flexibility index (Phi) is 15.8. The Bertz CT molecular complexity index is 1130. The fraction of sp³-hybridized carbons (Fsp3) is 1.00. The summed E-state index contributed by atoms with van der Waals surface area (Å²) in [6.45, 7) is 16.8. The maximum absolute atomic E-state index is 13.4. The predicted molar refractivity (Wildman–Crippen MR) is 217 cm³/mol. The summed E-state index contributed by atoms with van der Waals surface area (Å²) in [5, 5.41) is 0. The molecule has 0 amide bonds. The molecule has 5 aliphatic rings. The first-order valence-electron chi connectivity index (χ1n) is 23.2. The Balaban J connectivity index is 1.04. The fourth-order valence-corrected chi connectivity index (χ4v) is 14.7. The van der Waals surface area contributed by atoms with Crippen molar-refractivity contribution >= 4 is 10.1 Å². The summed E-state index contributed by atoms with van der Waals surface area (Å²) in [4.78, 5) is 0. The summed E-state index contributed by atoms with van der Waals surface area (Å²) in [6, 6.07) is 0.371. The third-order valence-corrected chi connectivity index (χ3v) is 17.9. The lowest BCUT2D eigenvalue weighted by Gasteiger charge is -2.62. The quantitative estimate of drug-likeness (QED) is 0.0776. The van der Waals surface area contributed by atoms with Crippen molar-refractivity contribution in [1.29, 1.82) is 0 Å².